The molecule has 6 heteroatoms. The maximum Gasteiger partial charge on any atom is 0.172 e. The first kappa shape index (κ1) is 15.0. The van der Waals surface area contributed by atoms with Crippen LogP contribution in [0.3, 0.4) is 0 Å². The van der Waals surface area contributed by atoms with Crippen LogP contribution in [0.1, 0.15) is 5.69 Å². The first-order valence-electron chi connectivity index (χ1n) is 7.56. The Kier molecular flexibility index (Phi) is 3.65. The second-order valence-electron chi connectivity index (χ2n) is 5.53. The number of ether oxygens (including phenoxy) is 3. The number of nitrogens with zero attached hydrogens (tertiary/aromatic N) is 2. The molecular formula is C18H15ClN2O3. The lowest BCUT2D eigenvalue weighted by Gasteiger charge is -2.23. The van der Waals surface area contributed by atoms with Crippen LogP contribution in [0.15, 0.2) is 30.6 Å². The molecule has 0 atom stereocenters. The first-order valence-corrected chi connectivity index (χ1v) is 7.94. The highest BCUT2D eigenvalue weighted by molar-refractivity contribution is 6.35. The predicted molar refractivity (Wildman–Crippen MR) is 92.3 cm³/mol. The molecule has 1 aromatic carbocycles. The largest absolute Gasteiger partial charge is 0.495 e. The quantitative estimate of drug-likeness (QED) is 0.703. The lowest BCUT2D eigenvalue weighted by atomic mass is 10.1. The van der Waals surface area contributed by atoms with E-state index in [1.54, 1.807) is 13.2 Å². The Hall–Kier alpha value is -2.53. The van der Waals surface area contributed by atoms with E-state index in [0.29, 0.717) is 46.7 Å². The van der Waals surface area contributed by atoms with Crippen LogP contribution in [0.25, 0.3) is 22.0 Å². The summed E-state index contributed by atoms with van der Waals surface area (Å²) in [6.07, 6.45) is 3.64. The standard InChI is InChI=1S/C18H15ClN2O3/c1-10-5-11-9-21-13(6-12(11)8-20-10)16-17(19)14(22-2)7-15-18(16)24-4-3-23-15/h5-9H,3-4H2,1-2H3. The third-order valence-corrected chi connectivity index (χ3v) is 4.33. The smallest absolute Gasteiger partial charge is 0.172 e. The van der Waals surface area contributed by atoms with Crippen molar-refractivity contribution in [3.05, 3.63) is 41.3 Å². The number of hydrogen-bond acceptors (Lipinski definition) is 5. The van der Waals surface area contributed by atoms with Crippen LogP contribution in [0.2, 0.25) is 5.02 Å². The van der Waals surface area contributed by atoms with E-state index in [2.05, 4.69) is 9.97 Å². The lowest BCUT2D eigenvalue weighted by molar-refractivity contribution is 0.171. The Morgan fingerprint density at radius 2 is 1.79 bits per heavy atom. The minimum Gasteiger partial charge on any atom is -0.495 e. The fourth-order valence-corrected chi connectivity index (χ4v) is 3.12. The molecule has 5 nitrogen and oxygen atoms in total. The Morgan fingerprint density at radius 1 is 1.04 bits per heavy atom. The van der Waals surface area contributed by atoms with Gasteiger partial charge >= 0.3 is 0 Å². The number of hydrogen-bond donors (Lipinski definition) is 0. The second-order valence-corrected chi connectivity index (χ2v) is 5.91. The summed E-state index contributed by atoms with van der Waals surface area (Å²) in [5.74, 6) is 1.74. The number of aromatic nitrogens is 2. The van der Waals surface area contributed by atoms with Gasteiger partial charge in [-0.05, 0) is 19.1 Å². The summed E-state index contributed by atoms with van der Waals surface area (Å²) < 4.78 is 16.9. The fraction of sp³-hybridized carbons (Fsp3) is 0.222. The van der Waals surface area contributed by atoms with Crippen LogP contribution in [0.4, 0.5) is 0 Å². The van der Waals surface area contributed by atoms with Gasteiger partial charge < -0.3 is 14.2 Å². The van der Waals surface area contributed by atoms with Crippen LogP contribution in [0.5, 0.6) is 17.2 Å². The Labute approximate surface area is 144 Å². The summed E-state index contributed by atoms with van der Waals surface area (Å²) in [4.78, 5) is 8.90. The summed E-state index contributed by atoms with van der Waals surface area (Å²) in [6.45, 7) is 2.91. The number of aryl methyl sites for hydroxylation is 1. The molecule has 3 heterocycles. The average molecular weight is 343 g/mol. The van der Waals surface area contributed by atoms with E-state index in [1.165, 1.54) is 0 Å². The topological polar surface area (TPSA) is 53.5 Å². The van der Waals surface area contributed by atoms with E-state index >= 15 is 0 Å². The Balaban J connectivity index is 1.96. The Morgan fingerprint density at radius 3 is 2.62 bits per heavy atom. The number of methoxy groups -OCH3 is 1. The minimum absolute atomic E-state index is 0.452. The molecule has 1 aliphatic rings. The van der Waals surface area contributed by atoms with Crippen LogP contribution < -0.4 is 14.2 Å². The lowest BCUT2D eigenvalue weighted by Crippen LogP contribution is -2.16. The van der Waals surface area contributed by atoms with E-state index in [-0.39, 0.29) is 0 Å². The second kappa shape index (κ2) is 5.83. The molecule has 0 saturated carbocycles. The first-order chi connectivity index (χ1) is 11.7. The van der Waals surface area contributed by atoms with Crippen molar-refractivity contribution in [2.24, 2.45) is 0 Å². The highest BCUT2D eigenvalue weighted by Gasteiger charge is 2.24. The molecule has 4 rings (SSSR count). The molecule has 122 valence electrons. The molecule has 0 spiro atoms. The van der Waals surface area contributed by atoms with Crippen LogP contribution in [0, 0.1) is 6.92 Å². The zero-order valence-electron chi connectivity index (χ0n) is 13.3. The molecule has 0 amide bonds. The maximum atomic E-state index is 6.54. The monoisotopic (exact) mass is 342 g/mol. The van der Waals surface area contributed by atoms with E-state index in [0.717, 1.165) is 16.5 Å². The van der Waals surface area contributed by atoms with Gasteiger partial charge in [0.05, 0.1) is 23.4 Å². The molecule has 0 aliphatic carbocycles. The van der Waals surface area contributed by atoms with E-state index in [9.17, 15) is 0 Å². The normalized spacial score (nSPS) is 13.1. The van der Waals surface area contributed by atoms with Crippen molar-refractivity contribution in [3.8, 4) is 28.5 Å². The highest BCUT2D eigenvalue weighted by atomic mass is 35.5. The van der Waals surface area contributed by atoms with Crippen molar-refractivity contribution >= 4 is 22.4 Å². The molecule has 0 unspecified atom stereocenters. The highest BCUT2D eigenvalue weighted by Crippen LogP contribution is 2.48. The van der Waals surface area contributed by atoms with Crippen molar-refractivity contribution in [1.29, 1.82) is 0 Å². The predicted octanol–water partition coefficient (Wildman–Crippen LogP) is 4.04. The number of fused-ring (bicyclic) bond motifs is 2. The number of pyridine rings is 2. The molecule has 0 bridgehead atoms. The Bertz CT molecular complexity index is 943. The molecule has 2 aromatic heterocycles. The molecule has 3 aromatic rings. The SMILES string of the molecule is COc1cc2c(c(-c3cc4cnc(C)cc4cn3)c1Cl)OCCO2. The van der Waals surface area contributed by atoms with Gasteiger partial charge in [-0.3, -0.25) is 9.97 Å². The van der Waals surface area contributed by atoms with E-state index in [1.807, 2.05) is 31.5 Å². The van der Waals surface area contributed by atoms with Crippen LogP contribution in [-0.2, 0) is 0 Å². The molecule has 0 radical (unpaired) electrons. The molecule has 0 fully saturated rings. The minimum atomic E-state index is 0.452. The fourth-order valence-electron chi connectivity index (χ4n) is 2.80. The van der Waals surface area contributed by atoms with Gasteiger partial charge in [0.2, 0.25) is 0 Å². The summed E-state index contributed by atoms with van der Waals surface area (Å²) in [5, 5.41) is 2.46. The zero-order valence-corrected chi connectivity index (χ0v) is 14.1. The summed E-state index contributed by atoms with van der Waals surface area (Å²) in [6, 6.07) is 5.68. The molecular weight excluding hydrogens is 328 g/mol. The molecule has 24 heavy (non-hydrogen) atoms. The van der Waals surface area contributed by atoms with Gasteiger partial charge in [-0.1, -0.05) is 11.6 Å². The number of rotatable bonds is 2. The average Bonchev–Trinajstić information content (AvgIpc) is 2.61. The van der Waals surface area contributed by atoms with Gasteiger partial charge in [-0.25, -0.2) is 0 Å². The van der Waals surface area contributed by atoms with Crippen molar-refractivity contribution in [1.82, 2.24) is 9.97 Å². The van der Waals surface area contributed by atoms with Crippen molar-refractivity contribution in [2.75, 3.05) is 20.3 Å². The number of benzene rings is 1. The van der Waals surface area contributed by atoms with Gasteiger partial charge in [0.1, 0.15) is 19.0 Å². The van der Waals surface area contributed by atoms with Crippen molar-refractivity contribution in [2.45, 2.75) is 6.92 Å². The van der Waals surface area contributed by atoms with Gasteiger partial charge in [0.25, 0.3) is 0 Å². The molecule has 0 N–H and O–H groups in total. The van der Waals surface area contributed by atoms with Crippen molar-refractivity contribution in [3.63, 3.8) is 0 Å². The van der Waals surface area contributed by atoms with E-state index < -0.39 is 0 Å². The maximum absolute atomic E-state index is 6.54. The van der Waals surface area contributed by atoms with Gasteiger partial charge in [0.15, 0.2) is 11.5 Å². The third kappa shape index (κ3) is 2.41. The third-order valence-electron chi connectivity index (χ3n) is 3.95. The molecule has 0 saturated heterocycles. The van der Waals surface area contributed by atoms with E-state index in [4.69, 9.17) is 25.8 Å². The molecule has 1 aliphatic heterocycles. The number of halogens is 1. The summed E-state index contributed by atoms with van der Waals surface area (Å²) in [7, 11) is 1.57. The summed E-state index contributed by atoms with van der Waals surface area (Å²) in [5.41, 5.74) is 2.32. The zero-order chi connectivity index (χ0) is 16.7. The van der Waals surface area contributed by atoms with Crippen LogP contribution >= 0.6 is 11.6 Å². The van der Waals surface area contributed by atoms with Gasteiger partial charge in [0, 0.05) is 34.9 Å². The van der Waals surface area contributed by atoms with Gasteiger partial charge in [-0.2, -0.15) is 0 Å². The van der Waals surface area contributed by atoms with Crippen molar-refractivity contribution < 1.29 is 14.2 Å². The van der Waals surface area contributed by atoms with Crippen LogP contribution in [-0.4, -0.2) is 30.3 Å². The van der Waals surface area contributed by atoms with Gasteiger partial charge in [-0.15, -0.1) is 0 Å². The summed E-state index contributed by atoms with van der Waals surface area (Å²) >= 11 is 6.54.